The minimum absolute atomic E-state index is 0.0666. The third-order valence-electron chi connectivity index (χ3n) is 3.30. The highest BCUT2D eigenvalue weighted by Gasteiger charge is 2.24. The van der Waals surface area contributed by atoms with Crippen molar-refractivity contribution in [1.29, 1.82) is 0 Å². The van der Waals surface area contributed by atoms with E-state index < -0.39 is 0 Å². The lowest BCUT2D eigenvalue weighted by molar-refractivity contribution is -0.0965. The van der Waals surface area contributed by atoms with Gasteiger partial charge in [0.15, 0.2) is 0 Å². The minimum atomic E-state index is -0.0666. The fourth-order valence-corrected chi connectivity index (χ4v) is 2.35. The molecule has 1 N–H and O–H groups in total. The van der Waals surface area contributed by atoms with Gasteiger partial charge in [0.05, 0.1) is 18.8 Å². The van der Waals surface area contributed by atoms with Crippen LogP contribution in [0, 0.1) is 6.92 Å². The predicted octanol–water partition coefficient (Wildman–Crippen LogP) is 1.46. The van der Waals surface area contributed by atoms with Gasteiger partial charge in [0.2, 0.25) is 0 Å². The summed E-state index contributed by atoms with van der Waals surface area (Å²) in [5.74, 6) is 0.908. The summed E-state index contributed by atoms with van der Waals surface area (Å²) >= 11 is 0. The zero-order valence-electron chi connectivity index (χ0n) is 11.7. The predicted molar refractivity (Wildman–Crippen MR) is 74.5 cm³/mol. The Hall–Kier alpha value is -1.10. The van der Waals surface area contributed by atoms with Crippen LogP contribution in [0.2, 0.25) is 0 Å². The van der Waals surface area contributed by atoms with Crippen molar-refractivity contribution in [3.63, 3.8) is 0 Å². The molecule has 1 aliphatic heterocycles. The number of benzene rings is 1. The smallest absolute Gasteiger partial charge is 0.119 e. The monoisotopic (exact) mass is 265 g/mol. The molecule has 0 spiro atoms. The van der Waals surface area contributed by atoms with E-state index in [1.165, 1.54) is 5.56 Å². The van der Waals surface area contributed by atoms with Crippen LogP contribution >= 0.6 is 0 Å². The van der Waals surface area contributed by atoms with Crippen molar-refractivity contribution in [2.45, 2.75) is 26.1 Å². The largest absolute Gasteiger partial charge is 0.492 e. The topological polar surface area (TPSA) is 41.9 Å². The molecule has 2 unspecified atom stereocenters. The van der Waals surface area contributed by atoms with Gasteiger partial charge in [-0.15, -0.1) is 0 Å². The summed E-state index contributed by atoms with van der Waals surface area (Å²) in [6, 6.07) is 8.09. The van der Waals surface area contributed by atoms with Crippen molar-refractivity contribution in [2.24, 2.45) is 0 Å². The third kappa shape index (κ3) is 4.49. The maximum atomic E-state index is 9.17. The van der Waals surface area contributed by atoms with Gasteiger partial charge >= 0.3 is 0 Å². The van der Waals surface area contributed by atoms with Gasteiger partial charge in [-0.3, -0.25) is 4.90 Å². The molecular formula is C15H23NO3. The molecule has 0 aliphatic carbocycles. The Morgan fingerprint density at radius 2 is 2.05 bits per heavy atom. The van der Waals surface area contributed by atoms with Gasteiger partial charge in [-0.1, -0.05) is 17.7 Å². The molecule has 4 nitrogen and oxygen atoms in total. The Kier molecular flexibility index (Phi) is 5.19. The van der Waals surface area contributed by atoms with Crippen LogP contribution in [-0.4, -0.2) is 55.1 Å². The molecule has 1 aliphatic rings. The number of hydrogen-bond acceptors (Lipinski definition) is 4. The van der Waals surface area contributed by atoms with Crippen LogP contribution in [0.3, 0.4) is 0 Å². The quantitative estimate of drug-likeness (QED) is 0.875. The first-order chi connectivity index (χ1) is 9.17. The Morgan fingerprint density at radius 3 is 2.74 bits per heavy atom. The van der Waals surface area contributed by atoms with Crippen molar-refractivity contribution in [2.75, 3.05) is 32.8 Å². The molecule has 0 radical (unpaired) electrons. The van der Waals surface area contributed by atoms with Gasteiger partial charge in [-0.2, -0.15) is 0 Å². The lowest BCUT2D eigenvalue weighted by Crippen LogP contribution is -2.49. The highest BCUT2D eigenvalue weighted by Crippen LogP contribution is 2.13. The van der Waals surface area contributed by atoms with Gasteiger partial charge in [-0.05, 0) is 26.0 Å². The first-order valence-corrected chi connectivity index (χ1v) is 6.85. The van der Waals surface area contributed by atoms with E-state index in [-0.39, 0.29) is 18.8 Å². The van der Waals surface area contributed by atoms with Crippen LogP contribution in [0.1, 0.15) is 12.5 Å². The summed E-state index contributed by atoms with van der Waals surface area (Å²) in [4.78, 5) is 2.28. The molecule has 4 heteroatoms. The molecule has 2 rings (SSSR count). The van der Waals surface area contributed by atoms with Gasteiger partial charge in [0, 0.05) is 19.6 Å². The number of rotatable bonds is 5. The molecule has 19 heavy (non-hydrogen) atoms. The van der Waals surface area contributed by atoms with Crippen LogP contribution in [0.15, 0.2) is 24.3 Å². The normalized spacial score (nSPS) is 24.4. The molecule has 1 aromatic rings. The van der Waals surface area contributed by atoms with Crippen LogP contribution in [-0.2, 0) is 4.74 Å². The Bertz CT molecular complexity index is 379. The van der Waals surface area contributed by atoms with Crippen molar-refractivity contribution in [1.82, 2.24) is 4.90 Å². The van der Waals surface area contributed by atoms with Crippen molar-refractivity contribution < 1.29 is 14.6 Å². The second-order valence-corrected chi connectivity index (χ2v) is 5.17. The summed E-state index contributed by atoms with van der Waals surface area (Å²) in [7, 11) is 0. The zero-order valence-corrected chi connectivity index (χ0v) is 11.7. The first kappa shape index (κ1) is 14.3. The average Bonchev–Trinajstić information content (AvgIpc) is 2.40. The molecule has 0 amide bonds. The summed E-state index contributed by atoms with van der Waals surface area (Å²) in [6.45, 7) is 7.38. The van der Waals surface area contributed by atoms with Crippen molar-refractivity contribution >= 4 is 0 Å². The molecule has 1 aromatic carbocycles. The van der Waals surface area contributed by atoms with Crippen molar-refractivity contribution in [3.8, 4) is 5.75 Å². The molecule has 1 fully saturated rings. The molecule has 0 saturated carbocycles. The van der Waals surface area contributed by atoms with Crippen LogP contribution < -0.4 is 4.74 Å². The number of hydrogen-bond donors (Lipinski definition) is 1. The lowest BCUT2D eigenvalue weighted by atomic mass is 10.2. The number of ether oxygens (including phenoxy) is 2. The van der Waals surface area contributed by atoms with Crippen molar-refractivity contribution in [3.05, 3.63) is 29.8 Å². The third-order valence-corrected chi connectivity index (χ3v) is 3.30. The minimum Gasteiger partial charge on any atom is -0.492 e. The molecule has 106 valence electrons. The van der Waals surface area contributed by atoms with E-state index in [1.807, 2.05) is 31.2 Å². The maximum Gasteiger partial charge on any atom is 0.119 e. The molecule has 0 aromatic heterocycles. The fourth-order valence-electron chi connectivity index (χ4n) is 2.35. The van der Waals surface area contributed by atoms with Gasteiger partial charge in [-0.25, -0.2) is 0 Å². The van der Waals surface area contributed by atoms with Crippen LogP contribution in [0.4, 0.5) is 0 Å². The van der Waals surface area contributed by atoms with E-state index in [1.54, 1.807) is 0 Å². The average molecular weight is 265 g/mol. The number of aryl methyl sites for hydroxylation is 1. The van der Waals surface area contributed by atoms with E-state index in [4.69, 9.17) is 9.47 Å². The molecule has 1 saturated heterocycles. The Labute approximate surface area is 114 Å². The maximum absolute atomic E-state index is 9.17. The van der Waals surface area contributed by atoms with E-state index in [0.29, 0.717) is 6.61 Å². The summed E-state index contributed by atoms with van der Waals surface area (Å²) in [6.07, 6.45) is 0.105. The summed E-state index contributed by atoms with van der Waals surface area (Å²) in [5, 5.41) is 9.17. The molecule has 1 heterocycles. The Morgan fingerprint density at radius 1 is 1.32 bits per heavy atom. The highest BCUT2D eigenvalue weighted by molar-refractivity contribution is 5.26. The molecule has 2 atom stereocenters. The summed E-state index contributed by atoms with van der Waals surface area (Å²) < 4.78 is 11.3. The van der Waals surface area contributed by atoms with Gasteiger partial charge < -0.3 is 14.6 Å². The lowest BCUT2D eigenvalue weighted by Gasteiger charge is -2.35. The standard InChI is InChI=1S/C15H23NO3/c1-12-3-5-14(6-4-12)18-8-7-16-9-13(2)19-15(10-16)11-17/h3-6,13,15,17H,7-11H2,1-2H3. The van der Waals surface area contributed by atoms with E-state index in [2.05, 4.69) is 11.8 Å². The zero-order chi connectivity index (χ0) is 13.7. The van der Waals surface area contributed by atoms with E-state index in [0.717, 1.165) is 25.4 Å². The SMILES string of the molecule is Cc1ccc(OCCN2CC(C)OC(CO)C2)cc1. The van der Waals surface area contributed by atoms with E-state index >= 15 is 0 Å². The van der Waals surface area contributed by atoms with E-state index in [9.17, 15) is 5.11 Å². The van der Waals surface area contributed by atoms with Crippen LogP contribution in [0.25, 0.3) is 0 Å². The number of aliphatic hydroxyl groups excluding tert-OH is 1. The highest BCUT2D eigenvalue weighted by atomic mass is 16.5. The Balaban J connectivity index is 1.74. The summed E-state index contributed by atoms with van der Waals surface area (Å²) in [5.41, 5.74) is 1.24. The number of aliphatic hydroxyl groups is 1. The molecule has 0 bridgehead atoms. The second-order valence-electron chi connectivity index (χ2n) is 5.17. The second kappa shape index (κ2) is 6.89. The number of morpholine rings is 1. The fraction of sp³-hybridized carbons (Fsp3) is 0.600. The number of nitrogens with zero attached hydrogens (tertiary/aromatic N) is 1. The first-order valence-electron chi connectivity index (χ1n) is 6.85. The van der Waals surface area contributed by atoms with Crippen LogP contribution in [0.5, 0.6) is 5.75 Å². The molecular weight excluding hydrogens is 242 g/mol. The van der Waals surface area contributed by atoms with Gasteiger partial charge in [0.1, 0.15) is 12.4 Å². The van der Waals surface area contributed by atoms with Gasteiger partial charge in [0.25, 0.3) is 0 Å².